The molecule has 0 saturated carbocycles. The molecule has 1 rings (SSSR count). The Morgan fingerprint density at radius 3 is 2.60 bits per heavy atom. The maximum atomic E-state index is 10.7. The van der Waals surface area contributed by atoms with Gasteiger partial charge in [0.25, 0.3) is 0 Å². The minimum absolute atomic E-state index is 0.0151. The van der Waals surface area contributed by atoms with Crippen LogP contribution < -0.4 is 0 Å². The summed E-state index contributed by atoms with van der Waals surface area (Å²) in [5.74, 6) is -1.01. The molecule has 1 N–H and O–H groups in total. The predicted octanol–water partition coefficient (Wildman–Crippen LogP) is 2.23. The molecule has 3 nitrogen and oxygen atoms in total. The van der Waals surface area contributed by atoms with Crippen LogP contribution in [0, 0.1) is 0 Å². The van der Waals surface area contributed by atoms with E-state index in [0.717, 1.165) is 5.56 Å². The molecule has 0 unspecified atom stereocenters. The minimum Gasteiger partial charge on any atom is -0.487 e. The van der Waals surface area contributed by atoms with Crippen LogP contribution in [0.1, 0.15) is 12.5 Å². The summed E-state index contributed by atoms with van der Waals surface area (Å²) in [6, 6.07) is 9.66. The fourth-order valence-corrected chi connectivity index (χ4v) is 1.19. The molecule has 0 radical (unpaired) electrons. The van der Waals surface area contributed by atoms with Crippen molar-refractivity contribution in [2.75, 3.05) is 6.61 Å². The van der Waals surface area contributed by atoms with Crippen molar-refractivity contribution in [3.05, 3.63) is 47.7 Å². The Kier molecular flexibility index (Phi) is 4.41. The molecule has 0 aliphatic rings. The molecule has 0 aliphatic carbocycles. The van der Waals surface area contributed by atoms with Crippen LogP contribution in [0.2, 0.25) is 0 Å². The number of allylic oxidation sites excluding steroid dienone is 1. The standard InChI is InChI=1S/C12H14O3/c1-2-15-11(12(13)14)9-8-10-6-4-3-5-7-10/h3-7,9H,2,8H2,1H3,(H,13,14). The largest absolute Gasteiger partial charge is 0.487 e. The predicted molar refractivity (Wildman–Crippen MR) is 57.5 cm³/mol. The first kappa shape index (κ1) is 11.3. The Labute approximate surface area is 89.0 Å². The van der Waals surface area contributed by atoms with Crippen LogP contribution in [-0.4, -0.2) is 17.7 Å². The van der Waals surface area contributed by atoms with Crippen molar-refractivity contribution in [3.8, 4) is 0 Å². The van der Waals surface area contributed by atoms with Crippen molar-refractivity contribution in [3.63, 3.8) is 0 Å². The number of hydrogen-bond acceptors (Lipinski definition) is 2. The Hall–Kier alpha value is -1.77. The quantitative estimate of drug-likeness (QED) is 0.593. The number of hydrogen-bond donors (Lipinski definition) is 1. The molecule has 80 valence electrons. The van der Waals surface area contributed by atoms with E-state index in [2.05, 4.69) is 0 Å². The van der Waals surface area contributed by atoms with Gasteiger partial charge in [-0.2, -0.15) is 0 Å². The van der Waals surface area contributed by atoms with Crippen LogP contribution in [0.15, 0.2) is 42.2 Å². The summed E-state index contributed by atoms with van der Waals surface area (Å²) in [6.07, 6.45) is 2.16. The van der Waals surface area contributed by atoms with Gasteiger partial charge in [0.15, 0.2) is 0 Å². The van der Waals surface area contributed by atoms with E-state index >= 15 is 0 Å². The summed E-state index contributed by atoms with van der Waals surface area (Å²) in [6.45, 7) is 2.13. The van der Waals surface area contributed by atoms with Crippen molar-refractivity contribution in [2.45, 2.75) is 13.3 Å². The highest BCUT2D eigenvalue weighted by Gasteiger charge is 2.06. The number of rotatable bonds is 5. The fourth-order valence-electron chi connectivity index (χ4n) is 1.19. The Morgan fingerprint density at radius 1 is 1.40 bits per heavy atom. The van der Waals surface area contributed by atoms with Gasteiger partial charge in [-0.25, -0.2) is 4.79 Å². The van der Waals surface area contributed by atoms with E-state index in [-0.39, 0.29) is 5.76 Å². The lowest BCUT2D eigenvalue weighted by molar-refractivity contribution is -0.136. The normalized spacial score (nSPS) is 11.1. The zero-order valence-electron chi connectivity index (χ0n) is 8.64. The summed E-state index contributed by atoms with van der Waals surface area (Å²) >= 11 is 0. The van der Waals surface area contributed by atoms with Gasteiger partial charge < -0.3 is 9.84 Å². The van der Waals surface area contributed by atoms with E-state index in [9.17, 15) is 4.79 Å². The maximum absolute atomic E-state index is 10.7. The Bertz CT molecular complexity index is 341. The third kappa shape index (κ3) is 3.85. The monoisotopic (exact) mass is 206 g/mol. The topological polar surface area (TPSA) is 46.5 Å². The van der Waals surface area contributed by atoms with Crippen LogP contribution in [0.5, 0.6) is 0 Å². The molecule has 0 heterocycles. The molecular weight excluding hydrogens is 192 g/mol. The first-order valence-corrected chi connectivity index (χ1v) is 4.84. The van der Waals surface area contributed by atoms with E-state index in [1.165, 1.54) is 0 Å². The fraction of sp³-hybridized carbons (Fsp3) is 0.250. The second-order valence-electron chi connectivity index (χ2n) is 3.00. The molecular formula is C12H14O3. The van der Waals surface area contributed by atoms with Crippen LogP contribution >= 0.6 is 0 Å². The maximum Gasteiger partial charge on any atom is 0.370 e. The lowest BCUT2D eigenvalue weighted by Gasteiger charge is -2.03. The van der Waals surface area contributed by atoms with Crippen molar-refractivity contribution < 1.29 is 14.6 Å². The smallest absolute Gasteiger partial charge is 0.370 e. The van der Waals surface area contributed by atoms with Gasteiger partial charge in [-0.15, -0.1) is 0 Å². The summed E-state index contributed by atoms with van der Waals surface area (Å²) in [5, 5.41) is 8.79. The second-order valence-corrected chi connectivity index (χ2v) is 3.00. The van der Waals surface area contributed by atoms with Gasteiger partial charge in [0.1, 0.15) is 0 Å². The molecule has 3 heteroatoms. The first-order valence-electron chi connectivity index (χ1n) is 4.84. The Morgan fingerprint density at radius 2 is 2.07 bits per heavy atom. The number of benzene rings is 1. The number of carbonyl (C=O) groups is 1. The van der Waals surface area contributed by atoms with Crippen LogP contribution in [-0.2, 0) is 16.0 Å². The van der Waals surface area contributed by atoms with Crippen LogP contribution in [0.25, 0.3) is 0 Å². The van der Waals surface area contributed by atoms with E-state index in [1.54, 1.807) is 13.0 Å². The zero-order valence-corrected chi connectivity index (χ0v) is 8.64. The molecule has 0 bridgehead atoms. The molecule has 0 aliphatic heterocycles. The van der Waals surface area contributed by atoms with Crippen molar-refractivity contribution in [2.24, 2.45) is 0 Å². The van der Waals surface area contributed by atoms with E-state index in [0.29, 0.717) is 13.0 Å². The first-order chi connectivity index (χ1) is 7.24. The zero-order chi connectivity index (χ0) is 11.1. The van der Waals surface area contributed by atoms with E-state index < -0.39 is 5.97 Å². The van der Waals surface area contributed by atoms with Gasteiger partial charge in [-0.3, -0.25) is 0 Å². The van der Waals surface area contributed by atoms with Crippen LogP contribution in [0.4, 0.5) is 0 Å². The molecule has 0 amide bonds. The third-order valence-corrected chi connectivity index (χ3v) is 1.88. The molecule has 1 aromatic rings. The van der Waals surface area contributed by atoms with Gasteiger partial charge in [0.2, 0.25) is 5.76 Å². The highest BCUT2D eigenvalue weighted by atomic mass is 16.5. The lowest BCUT2D eigenvalue weighted by atomic mass is 10.1. The number of carboxylic acid groups (broad SMARTS) is 1. The van der Waals surface area contributed by atoms with Gasteiger partial charge >= 0.3 is 5.97 Å². The summed E-state index contributed by atoms with van der Waals surface area (Å²) in [5.41, 5.74) is 1.07. The van der Waals surface area contributed by atoms with Crippen molar-refractivity contribution in [1.82, 2.24) is 0 Å². The lowest BCUT2D eigenvalue weighted by Crippen LogP contribution is -2.05. The van der Waals surface area contributed by atoms with Crippen molar-refractivity contribution >= 4 is 5.97 Å². The van der Waals surface area contributed by atoms with Gasteiger partial charge in [-0.05, 0) is 25.0 Å². The minimum atomic E-state index is -1.02. The van der Waals surface area contributed by atoms with Crippen molar-refractivity contribution in [1.29, 1.82) is 0 Å². The second kappa shape index (κ2) is 5.86. The molecule has 0 spiro atoms. The molecule has 0 atom stereocenters. The van der Waals surface area contributed by atoms with E-state index in [4.69, 9.17) is 9.84 Å². The summed E-state index contributed by atoms with van der Waals surface area (Å²) in [7, 11) is 0. The molecule has 0 aromatic heterocycles. The highest BCUT2D eigenvalue weighted by molar-refractivity contribution is 5.84. The van der Waals surface area contributed by atoms with Gasteiger partial charge in [-0.1, -0.05) is 30.3 Å². The average Bonchev–Trinajstić information content (AvgIpc) is 2.25. The summed E-state index contributed by atoms with van der Waals surface area (Å²) in [4.78, 5) is 10.7. The molecule has 0 saturated heterocycles. The summed E-state index contributed by atoms with van der Waals surface area (Å²) < 4.78 is 4.99. The van der Waals surface area contributed by atoms with Gasteiger partial charge in [0.05, 0.1) is 6.61 Å². The van der Waals surface area contributed by atoms with Gasteiger partial charge in [0, 0.05) is 0 Å². The number of ether oxygens (including phenoxy) is 1. The molecule has 1 aromatic carbocycles. The highest BCUT2D eigenvalue weighted by Crippen LogP contribution is 2.04. The molecule has 0 fully saturated rings. The average molecular weight is 206 g/mol. The number of carboxylic acids is 1. The Balaban J connectivity index is 2.65. The SMILES string of the molecule is CCOC(=CCc1ccccc1)C(=O)O. The molecule has 15 heavy (non-hydrogen) atoms. The van der Waals surface area contributed by atoms with E-state index in [1.807, 2.05) is 30.3 Å². The third-order valence-electron chi connectivity index (χ3n) is 1.88. The number of aliphatic carboxylic acids is 1. The van der Waals surface area contributed by atoms with Crippen LogP contribution in [0.3, 0.4) is 0 Å².